The van der Waals surface area contributed by atoms with E-state index in [1.165, 1.54) is 218 Å². The first-order valence-corrected chi connectivity index (χ1v) is 37.7. The van der Waals surface area contributed by atoms with Crippen LogP contribution in [-0.2, 0) is 23.8 Å². The van der Waals surface area contributed by atoms with Gasteiger partial charge in [0.15, 0.2) is 12.4 Å². The lowest BCUT2D eigenvalue weighted by Gasteiger charge is -2.41. The minimum Gasteiger partial charge on any atom is -0.454 e. The zero-order valence-corrected chi connectivity index (χ0v) is 57.8. The van der Waals surface area contributed by atoms with Gasteiger partial charge in [0.1, 0.15) is 24.4 Å². The molecule has 11 nitrogen and oxygen atoms in total. The Kier molecular flexibility index (Phi) is 61.6. The van der Waals surface area contributed by atoms with Gasteiger partial charge < -0.3 is 45.1 Å². The van der Waals surface area contributed by atoms with Crippen LogP contribution in [-0.4, -0.2) is 99.6 Å². The average Bonchev–Trinajstić information content (AvgIpc) is 2.36. The molecule has 1 rings (SSSR count). The van der Waals surface area contributed by atoms with E-state index < -0.39 is 67.4 Å². The molecule has 0 radical (unpaired) electrons. The number of esters is 1. The van der Waals surface area contributed by atoms with Crippen LogP contribution in [0.15, 0.2) is 72.9 Å². The van der Waals surface area contributed by atoms with Gasteiger partial charge in [-0.05, 0) is 96.3 Å². The largest absolute Gasteiger partial charge is 0.454 e. The summed E-state index contributed by atoms with van der Waals surface area (Å²) in [5, 5.41) is 57.3. The molecule has 0 aromatic heterocycles. The molecule has 8 atom stereocenters. The molecule has 0 saturated carbocycles. The maximum atomic E-state index is 13.5. The lowest BCUT2D eigenvalue weighted by molar-refractivity contribution is -0.305. The van der Waals surface area contributed by atoms with Crippen molar-refractivity contribution in [2.24, 2.45) is 0 Å². The number of hydrogen-bond donors (Lipinski definition) is 6. The number of carbonyl (C=O) groups excluding carboxylic acids is 2. The van der Waals surface area contributed by atoms with Crippen LogP contribution >= 0.6 is 0 Å². The predicted molar refractivity (Wildman–Crippen MR) is 375 cm³/mol. The van der Waals surface area contributed by atoms with Gasteiger partial charge >= 0.3 is 5.97 Å². The molecule has 0 spiro atoms. The molecule has 518 valence electrons. The van der Waals surface area contributed by atoms with Crippen LogP contribution in [0, 0.1) is 0 Å². The number of allylic oxidation sites excluding steroid dienone is 11. The van der Waals surface area contributed by atoms with Crippen LogP contribution in [0.3, 0.4) is 0 Å². The van der Waals surface area contributed by atoms with Crippen molar-refractivity contribution in [3.8, 4) is 0 Å². The molecule has 1 aliphatic heterocycles. The van der Waals surface area contributed by atoms with Crippen LogP contribution < -0.4 is 5.32 Å². The zero-order valence-electron chi connectivity index (χ0n) is 57.8. The molecule has 0 aromatic carbocycles. The minimum absolute atomic E-state index is 0.124. The maximum absolute atomic E-state index is 13.5. The topological polar surface area (TPSA) is 175 Å². The molecule has 8 unspecified atom stereocenters. The standard InChI is InChI=1S/C78H141NO10/c1-4-7-10-13-16-19-22-24-26-28-30-32-34-35-36-37-38-40-42-44-46-48-51-54-57-60-63-66-73(83)89-76-75(85)74(84)72(67-80)88-78(76)87-68-69(70(81)64-61-58-55-52-49-21-18-15-12-9-6-3)79-77(86)71(82)65-62-59-56-53-50-47-45-43-41-39-33-31-29-27-25-23-20-17-14-11-8-5-2/h16-17,19-20,24-27,31,33,61,64,69-72,74-76,78,80-82,84-85H,4-15,18,21-23,28-30,32,34-60,62-63,65-68H2,1-3H3,(H,79,86)/b19-16-,20-17-,26-24-,27-25-,33-31-,64-61+. The number of aliphatic hydroxyl groups excluding tert-OH is 5. The van der Waals surface area contributed by atoms with E-state index in [4.69, 9.17) is 14.2 Å². The average molecular weight is 1250 g/mol. The van der Waals surface area contributed by atoms with E-state index in [9.17, 15) is 35.1 Å². The van der Waals surface area contributed by atoms with Gasteiger partial charge in [-0.3, -0.25) is 9.59 Å². The van der Waals surface area contributed by atoms with Gasteiger partial charge in [0.05, 0.1) is 25.4 Å². The minimum atomic E-state index is -1.62. The second-order valence-corrected chi connectivity index (χ2v) is 26.0. The maximum Gasteiger partial charge on any atom is 0.306 e. The van der Waals surface area contributed by atoms with Crippen LogP contribution in [0.2, 0.25) is 0 Å². The highest BCUT2D eigenvalue weighted by molar-refractivity contribution is 5.80. The van der Waals surface area contributed by atoms with Gasteiger partial charge in [0, 0.05) is 6.42 Å². The Hall–Kier alpha value is -2.90. The van der Waals surface area contributed by atoms with Gasteiger partial charge in [0.25, 0.3) is 0 Å². The highest BCUT2D eigenvalue weighted by atomic mass is 16.7. The van der Waals surface area contributed by atoms with Crippen molar-refractivity contribution in [3.63, 3.8) is 0 Å². The number of nitrogens with one attached hydrogen (secondary N) is 1. The summed E-state index contributed by atoms with van der Waals surface area (Å²) < 4.78 is 17.7. The number of aliphatic hydroxyl groups is 5. The third-order valence-corrected chi connectivity index (χ3v) is 17.6. The molecular weight excluding hydrogens is 1110 g/mol. The Morgan fingerprint density at radius 3 is 1.18 bits per heavy atom. The number of amides is 1. The molecule has 11 heteroatoms. The van der Waals surface area contributed by atoms with Crippen molar-refractivity contribution < 1.29 is 49.3 Å². The van der Waals surface area contributed by atoms with Crippen molar-refractivity contribution >= 4 is 11.9 Å². The lowest BCUT2D eigenvalue weighted by Crippen LogP contribution is -2.61. The third-order valence-electron chi connectivity index (χ3n) is 17.6. The SMILES string of the molecule is CCCCC/C=C\C/C=C\C/C=C\CCCCCCCCCCCC(O)C(=O)NC(COC1OC(CO)C(O)C(O)C1OC(=O)CCCCCCCCCCCCCCCCCCC/C=C\C/C=C\CCCCC)C(O)/C=C/CCCCCCCCCCC. The van der Waals surface area contributed by atoms with E-state index in [1.807, 2.05) is 6.08 Å². The Morgan fingerprint density at radius 1 is 0.438 bits per heavy atom. The van der Waals surface area contributed by atoms with Crippen LogP contribution in [0.1, 0.15) is 348 Å². The van der Waals surface area contributed by atoms with Crippen LogP contribution in [0.5, 0.6) is 0 Å². The number of unbranched alkanes of at least 4 members (excludes halogenated alkanes) is 41. The molecule has 1 aliphatic rings. The molecule has 6 N–H and O–H groups in total. The Labute approximate surface area is 547 Å². The summed E-state index contributed by atoms with van der Waals surface area (Å²) >= 11 is 0. The van der Waals surface area contributed by atoms with Crippen LogP contribution in [0.25, 0.3) is 0 Å². The van der Waals surface area contributed by atoms with E-state index in [2.05, 4.69) is 86.8 Å². The lowest BCUT2D eigenvalue weighted by atomic mass is 9.99. The molecule has 0 aromatic rings. The summed E-state index contributed by atoms with van der Waals surface area (Å²) in [5.74, 6) is -1.19. The number of ether oxygens (including phenoxy) is 3. The monoisotopic (exact) mass is 1250 g/mol. The van der Waals surface area contributed by atoms with Crippen molar-refractivity contribution in [2.75, 3.05) is 13.2 Å². The van der Waals surface area contributed by atoms with E-state index in [1.54, 1.807) is 6.08 Å². The summed E-state index contributed by atoms with van der Waals surface area (Å²) in [4.78, 5) is 26.7. The van der Waals surface area contributed by atoms with Crippen molar-refractivity contribution in [1.82, 2.24) is 5.32 Å². The fourth-order valence-corrected chi connectivity index (χ4v) is 11.6. The fraction of sp³-hybridized carbons (Fsp3) is 0.821. The molecule has 0 bridgehead atoms. The van der Waals surface area contributed by atoms with E-state index in [-0.39, 0.29) is 19.4 Å². The van der Waals surface area contributed by atoms with Gasteiger partial charge in [-0.1, -0.05) is 318 Å². The summed E-state index contributed by atoms with van der Waals surface area (Å²) in [6.07, 6.45) is 75.2. The summed E-state index contributed by atoms with van der Waals surface area (Å²) in [6, 6.07) is -1.03. The molecule has 1 fully saturated rings. The van der Waals surface area contributed by atoms with E-state index in [0.717, 1.165) is 83.5 Å². The fourth-order valence-electron chi connectivity index (χ4n) is 11.6. The predicted octanol–water partition coefficient (Wildman–Crippen LogP) is 19.9. The first kappa shape index (κ1) is 84.1. The first-order chi connectivity index (χ1) is 43.7. The summed E-state index contributed by atoms with van der Waals surface area (Å²) in [5.41, 5.74) is 0. The third kappa shape index (κ3) is 52.2. The normalized spacial score (nSPS) is 18.5. The number of carbonyl (C=O) groups is 2. The Balaban J connectivity index is 2.50. The van der Waals surface area contributed by atoms with Gasteiger partial charge in [-0.25, -0.2) is 0 Å². The molecular formula is C78H141NO10. The summed E-state index contributed by atoms with van der Waals surface area (Å²) in [6.45, 7) is 5.77. The molecule has 0 aliphatic carbocycles. The van der Waals surface area contributed by atoms with E-state index in [0.29, 0.717) is 12.8 Å². The van der Waals surface area contributed by atoms with Crippen molar-refractivity contribution in [3.05, 3.63) is 72.9 Å². The van der Waals surface area contributed by atoms with Crippen LogP contribution in [0.4, 0.5) is 0 Å². The number of hydrogen-bond acceptors (Lipinski definition) is 10. The van der Waals surface area contributed by atoms with Gasteiger partial charge in [-0.15, -0.1) is 0 Å². The Morgan fingerprint density at radius 2 is 0.775 bits per heavy atom. The quantitative estimate of drug-likeness (QED) is 0.0195. The van der Waals surface area contributed by atoms with E-state index >= 15 is 0 Å². The smallest absolute Gasteiger partial charge is 0.306 e. The first-order valence-electron chi connectivity index (χ1n) is 37.7. The van der Waals surface area contributed by atoms with Gasteiger partial charge in [-0.2, -0.15) is 0 Å². The molecule has 89 heavy (non-hydrogen) atoms. The second-order valence-electron chi connectivity index (χ2n) is 26.0. The molecule has 1 saturated heterocycles. The molecule has 1 amide bonds. The van der Waals surface area contributed by atoms with Crippen molar-refractivity contribution in [1.29, 1.82) is 0 Å². The van der Waals surface area contributed by atoms with Crippen molar-refractivity contribution in [2.45, 2.75) is 397 Å². The highest BCUT2D eigenvalue weighted by Crippen LogP contribution is 2.26. The second kappa shape index (κ2) is 65.2. The zero-order chi connectivity index (χ0) is 64.6. The Bertz CT molecular complexity index is 1730. The summed E-state index contributed by atoms with van der Waals surface area (Å²) in [7, 11) is 0. The van der Waals surface area contributed by atoms with Gasteiger partial charge in [0.2, 0.25) is 5.91 Å². The highest BCUT2D eigenvalue weighted by Gasteiger charge is 2.47. The molecule has 1 heterocycles. The number of rotatable bonds is 65.